The van der Waals surface area contributed by atoms with E-state index in [1.807, 2.05) is 0 Å². The number of hydrogen-bond donors (Lipinski definition) is 1. The number of aromatic amines is 1. The Hall–Kier alpha value is -1.83. The zero-order valence-corrected chi connectivity index (χ0v) is 16.4. The number of nitrogens with one attached hydrogen (secondary N) is 1. The van der Waals surface area contributed by atoms with Gasteiger partial charge in [-0.25, -0.2) is 16.8 Å². The molecule has 27 heavy (non-hydrogen) atoms. The molecule has 0 aromatic carbocycles. The molecule has 1 aromatic rings. The van der Waals surface area contributed by atoms with Crippen LogP contribution in [0.2, 0.25) is 6.32 Å². The summed E-state index contributed by atoms with van der Waals surface area (Å²) < 4.78 is 95.1. The van der Waals surface area contributed by atoms with Crippen molar-refractivity contribution in [3.05, 3.63) is 33.1 Å². The number of aliphatic imine (C=N–C) groups is 1. The Kier molecular flexibility index (Phi) is 5.54. The van der Waals surface area contributed by atoms with Gasteiger partial charge in [0.2, 0.25) is 0 Å². The maximum Gasteiger partial charge on any atom is 0.542 e. The Bertz CT molecular complexity index is 1110. The molecule has 1 aliphatic heterocycles. The molecular weight excluding hydrogens is 405 g/mol. The van der Waals surface area contributed by atoms with E-state index in [1.165, 1.54) is 27.7 Å². The van der Waals surface area contributed by atoms with Crippen molar-refractivity contribution in [3.63, 3.8) is 0 Å². The normalized spacial score (nSPS) is 17.4. The fourth-order valence-corrected chi connectivity index (χ4v) is 5.01. The molecule has 0 radical (unpaired) electrons. The molecule has 1 aromatic heterocycles. The highest BCUT2D eigenvalue weighted by molar-refractivity contribution is 7.90. The van der Waals surface area contributed by atoms with Crippen LogP contribution in [0.5, 0.6) is 0 Å². The van der Waals surface area contributed by atoms with Crippen LogP contribution in [0, 0.1) is 13.8 Å². The third-order valence-corrected chi connectivity index (χ3v) is 6.33. The average Bonchev–Trinajstić information content (AvgIpc) is 2.91. The van der Waals surface area contributed by atoms with E-state index in [2.05, 4.69) is 9.98 Å². The smallest absolute Gasteiger partial charge is 0.542 e. The highest BCUT2D eigenvalue weighted by Gasteiger charge is 2.30. The van der Waals surface area contributed by atoms with Gasteiger partial charge in [-0.1, -0.05) is 0 Å². The van der Waals surface area contributed by atoms with E-state index in [0.29, 0.717) is 0 Å². The second kappa shape index (κ2) is 6.97. The highest BCUT2D eigenvalue weighted by Crippen LogP contribution is 2.39. The van der Waals surface area contributed by atoms with Crippen molar-refractivity contribution >= 4 is 38.8 Å². The molecule has 148 valence electrons. The van der Waals surface area contributed by atoms with E-state index >= 15 is 0 Å². The monoisotopic (exact) mass is 420 g/mol. The number of aryl methyl sites for hydroxylation is 1. The van der Waals surface area contributed by atoms with Gasteiger partial charge in [-0.2, -0.15) is 0 Å². The van der Waals surface area contributed by atoms with E-state index in [-0.39, 0.29) is 39.5 Å². The van der Waals surface area contributed by atoms with Gasteiger partial charge in [-0.05, 0) is 38.8 Å². The molecule has 0 fully saturated rings. The lowest BCUT2D eigenvalue weighted by Gasteiger charge is -2.12. The van der Waals surface area contributed by atoms with Crippen LogP contribution in [-0.2, 0) is 20.2 Å². The summed E-state index contributed by atoms with van der Waals surface area (Å²) in [6.45, 7) is 5.07. The summed E-state index contributed by atoms with van der Waals surface area (Å²) in [5.41, 5.74) is -0.806. The van der Waals surface area contributed by atoms with Gasteiger partial charge in [0.05, 0.1) is 21.2 Å². The Morgan fingerprint density at radius 1 is 1.07 bits per heavy atom. The number of allylic oxidation sites excluding steroid dienone is 3. The minimum atomic E-state index is -4.89. The van der Waals surface area contributed by atoms with Gasteiger partial charge in [-0.3, -0.25) is 13.6 Å². The fraction of sp³-hybridized carbons (Fsp3) is 0.357. The number of halogens is 2. The summed E-state index contributed by atoms with van der Waals surface area (Å²) in [5, 5.41) is 0. The highest BCUT2D eigenvalue weighted by atomic mass is 32.2. The van der Waals surface area contributed by atoms with E-state index in [0.717, 1.165) is 0 Å². The van der Waals surface area contributed by atoms with Gasteiger partial charge in [0.25, 0.3) is 0 Å². The van der Waals surface area contributed by atoms with E-state index in [4.69, 9.17) is 0 Å². The van der Waals surface area contributed by atoms with E-state index in [9.17, 15) is 34.6 Å². The SMILES string of the molecule is CC1=NC(=C(CB(F)F)c2[nH]c(C)c(S(=O)(=O)[O-])c2C)C(C)=C1S(=O)(=O)[O-]. The molecule has 13 heteroatoms. The third-order valence-electron chi connectivity index (χ3n) is 4.12. The molecule has 0 bridgehead atoms. The Morgan fingerprint density at radius 2 is 1.63 bits per heavy atom. The van der Waals surface area contributed by atoms with Crippen LogP contribution in [0.15, 0.2) is 26.1 Å². The van der Waals surface area contributed by atoms with Crippen molar-refractivity contribution in [2.75, 3.05) is 0 Å². The lowest BCUT2D eigenvalue weighted by Crippen LogP contribution is -2.09. The maximum absolute atomic E-state index is 13.2. The molecule has 0 amide bonds. The zero-order chi connectivity index (χ0) is 20.9. The molecule has 0 atom stereocenters. The van der Waals surface area contributed by atoms with Crippen molar-refractivity contribution < 1.29 is 34.6 Å². The summed E-state index contributed by atoms with van der Waals surface area (Å²) in [5.74, 6) is 0. The van der Waals surface area contributed by atoms with Crippen LogP contribution >= 0.6 is 0 Å². The van der Waals surface area contributed by atoms with Gasteiger partial charge < -0.3 is 14.1 Å². The Labute approximate surface area is 155 Å². The second-order valence-electron chi connectivity index (χ2n) is 6.06. The number of aromatic nitrogens is 1. The van der Waals surface area contributed by atoms with Crippen LogP contribution in [0.4, 0.5) is 8.63 Å². The predicted molar refractivity (Wildman–Crippen MR) is 93.4 cm³/mol. The van der Waals surface area contributed by atoms with E-state index in [1.54, 1.807) is 0 Å². The molecule has 2 rings (SSSR count). The quantitative estimate of drug-likeness (QED) is 0.570. The molecular formula is C14H15BF2N2O6S2-2. The lowest BCUT2D eigenvalue weighted by atomic mass is 9.83. The molecule has 1 aliphatic rings. The number of nitrogens with zero attached hydrogens (tertiary/aromatic N) is 1. The van der Waals surface area contributed by atoms with Gasteiger partial charge in [0, 0.05) is 23.3 Å². The zero-order valence-electron chi connectivity index (χ0n) is 14.8. The molecule has 0 saturated carbocycles. The summed E-state index contributed by atoms with van der Waals surface area (Å²) >= 11 is 0. The molecule has 0 saturated heterocycles. The Morgan fingerprint density at radius 3 is 2.00 bits per heavy atom. The molecule has 2 heterocycles. The van der Waals surface area contributed by atoms with Gasteiger partial charge >= 0.3 is 7.27 Å². The topological polar surface area (TPSA) is 143 Å². The van der Waals surface area contributed by atoms with Crippen LogP contribution in [-0.4, -0.2) is 43.9 Å². The maximum atomic E-state index is 13.2. The van der Waals surface area contributed by atoms with Crippen molar-refractivity contribution in [1.82, 2.24) is 4.98 Å². The minimum Gasteiger partial charge on any atom is -0.744 e. The van der Waals surface area contributed by atoms with Crippen molar-refractivity contribution in [2.24, 2.45) is 4.99 Å². The molecule has 8 nitrogen and oxygen atoms in total. The van der Waals surface area contributed by atoms with E-state index < -0.39 is 43.6 Å². The number of H-pyrrole nitrogens is 1. The van der Waals surface area contributed by atoms with Gasteiger partial charge in [0.1, 0.15) is 20.2 Å². The summed E-state index contributed by atoms with van der Waals surface area (Å²) in [6.07, 6.45) is -0.894. The number of hydrogen-bond acceptors (Lipinski definition) is 7. The van der Waals surface area contributed by atoms with Gasteiger partial charge in [-0.15, -0.1) is 0 Å². The molecule has 1 N–H and O–H groups in total. The third kappa shape index (κ3) is 4.05. The van der Waals surface area contributed by atoms with Crippen molar-refractivity contribution in [2.45, 2.75) is 38.9 Å². The fourth-order valence-electron chi connectivity index (χ4n) is 3.22. The first-order valence-electron chi connectivity index (χ1n) is 7.55. The molecule has 0 spiro atoms. The van der Waals surface area contributed by atoms with Crippen LogP contribution in [0.1, 0.15) is 30.8 Å². The first kappa shape index (κ1) is 21.5. The van der Waals surface area contributed by atoms with Crippen molar-refractivity contribution in [3.8, 4) is 0 Å². The molecule has 0 aliphatic carbocycles. The van der Waals surface area contributed by atoms with Crippen LogP contribution < -0.4 is 0 Å². The lowest BCUT2D eigenvalue weighted by molar-refractivity contribution is 0.461. The van der Waals surface area contributed by atoms with Crippen LogP contribution in [0.25, 0.3) is 5.57 Å². The average molecular weight is 420 g/mol. The first-order valence-corrected chi connectivity index (χ1v) is 10.4. The predicted octanol–water partition coefficient (Wildman–Crippen LogP) is 1.97. The second-order valence-corrected chi connectivity index (χ2v) is 8.69. The summed E-state index contributed by atoms with van der Waals surface area (Å²) in [6, 6.07) is 0. The first-order chi connectivity index (χ1) is 12.2. The Balaban J connectivity index is 2.89. The summed E-state index contributed by atoms with van der Waals surface area (Å²) in [4.78, 5) is 5.38. The summed E-state index contributed by atoms with van der Waals surface area (Å²) in [7, 11) is -12.6. The van der Waals surface area contributed by atoms with Crippen LogP contribution in [0.3, 0.4) is 0 Å². The van der Waals surface area contributed by atoms with Gasteiger partial charge in [0.15, 0.2) is 0 Å². The number of rotatable bonds is 5. The van der Waals surface area contributed by atoms with Crippen molar-refractivity contribution in [1.29, 1.82) is 0 Å². The largest absolute Gasteiger partial charge is 0.744 e. The minimum absolute atomic E-state index is 0.0399. The standard InChI is InChI=1S/C14H17BF2N2O6S2/c1-6-11(18-8(3)13(6)26(20,21)22)10(5-15(16)17)12-7(2)14(9(4)19-12)27(23,24)25/h18H,5H2,1-4H3,(H,20,21,22)(H,23,24,25)/p-2. The molecule has 0 unspecified atom stereocenters.